The van der Waals surface area contributed by atoms with Crippen molar-refractivity contribution in [2.24, 2.45) is 0 Å². The molecule has 0 unspecified atom stereocenters. The molecule has 0 aliphatic carbocycles. The first-order valence-corrected chi connectivity index (χ1v) is 10.1. The summed E-state index contributed by atoms with van der Waals surface area (Å²) in [5.74, 6) is 0.143. The average Bonchev–Trinajstić information content (AvgIpc) is 3.11. The van der Waals surface area contributed by atoms with Gasteiger partial charge in [-0.2, -0.15) is 0 Å². The molecule has 0 aliphatic heterocycles. The monoisotopic (exact) mass is 403 g/mol. The summed E-state index contributed by atoms with van der Waals surface area (Å²) >= 11 is 6.05. The highest BCUT2D eigenvalue weighted by atomic mass is 35.5. The van der Waals surface area contributed by atoms with E-state index in [2.05, 4.69) is 23.5 Å². The molecule has 1 heterocycles. The van der Waals surface area contributed by atoms with E-state index in [4.69, 9.17) is 16.0 Å². The van der Waals surface area contributed by atoms with Crippen molar-refractivity contribution in [1.29, 1.82) is 0 Å². The predicted molar refractivity (Wildman–Crippen MR) is 118 cm³/mol. The first kappa shape index (κ1) is 19.3. The summed E-state index contributed by atoms with van der Waals surface area (Å²) in [6, 6.07) is 23.7. The van der Waals surface area contributed by atoms with Crippen molar-refractivity contribution in [3.05, 3.63) is 94.7 Å². The van der Waals surface area contributed by atoms with E-state index in [-0.39, 0.29) is 5.91 Å². The molecule has 146 valence electrons. The molecule has 0 bridgehead atoms. The number of furan rings is 1. The molecular weight excluding hydrogens is 382 g/mol. The lowest BCUT2D eigenvalue weighted by molar-refractivity contribution is 0.0928. The molecule has 0 saturated carbocycles. The van der Waals surface area contributed by atoms with Crippen LogP contribution in [0.3, 0.4) is 0 Å². The van der Waals surface area contributed by atoms with Gasteiger partial charge in [0.05, 0.1) is 0 Å². The zero-order chi connectivity index (χ0) is 20.2. The van der Waals surface area contributed by atoms with E-state index in [1.54, 1.807) is 0 Å². The van der Waals surface area contributed by atoms with Gasteiger partial charge in [0.15, 0.2) is 0 Å². The van der Waals surface area contributed by atoms with Gasteiger partial charge in [0, 0.05) is 22.5 Å². The second-order valence-electron chi connectivity index (χ2n) is 7.16. The molecule has 29 heavy (non-hydrogen) atoms. The van der Waals surface area contributed by atoms with Crippen LogP contribution < -0.4 is 5.32 Å². The lowest BCUT2D eigenvalue weighted by Gasteiger charge is -2.06. The molecule has 0 atom stereocenters. The molecule has 4 aromatic rings. The van der Waals surface area contributed by atoms with Gasteiger partial charge < -0.3 is 9.73 Å². The van der Waals surface area contributed by atoms with E-state index >= 15 is 0 Å². The fraction of sp³-hybridized carbons (Fsp3) is 0.160. The summed E-state index contributed by atoms with van der Waals surface area (Å²) in [6.45, 7) is 2.62. The van der Waals surface area contributed by atoms with Crippen LogP contribution in [0.25, 0.3) is 22.1 Å². The van der Waals surface area contributed by atoms with Crippen molar-refractivity contribution in [2.45, 2.75) is 19.8 Å². The zero-order valence-corrected chi connectivity index (χ0v) is 17.0. The highest BCUT2D eigenvalue weighted by Crippen LogP contribution is 2.36. The molecule has 0 fully saturated rings. The third kappa shape index (κ3) is 4.36. The maximum Gasteiger partial charge on any atom is 0.287 e. The number of hydrogen-bond acceptors (Lipinski definition) is 2. The first-order valence-electron chi connectivity index (χ1n) is 9.73. The van der Waals surface area contributed by atoms with E-state index in [9.17, 15) is 4.79 Å². The Hall–Kier alpha value is -3.04. The van der Waals surface area contributed by atoms with Crippen LogP contribution in [0.1, 0.15) is 28.1 Å². The number of aryl methyl sites for hydroxylation is 2. The summed E-state index contributed by atoms with van der Waals surface area (Å²) in [6.07, 6.45) is 1.79. The molecule has 0 spiro atoms. The Morgan fingerprint density at radius 1 is 1.00 bits per heavy atom. The quantitative estimate of drug-likeness (QED) is 0.377. The molecule has 4 heteroatoms. The van der Waals surface area contributed by atoms with Gasteiger partial charge in [-0.05, 0) is 55.2 Å². The predicted octanol–water partition coefficient (Wildman–Crippen LogP) is 6.42. The molecule has 3 aromatic carbocycles. The molecular formula is C25H22ClNO2. The van der Waals surface area contributed by atoms with Gasteiger partial charge in [-0.25, -0.2) is 0 Å². The fourth-order valence-electron chi connectivity index (χ4n) is 3.49. The second kappa shape index (κ2) is 8.54. The smallest absolute Gasteiger partial charge is 0.287 e. The molecule has 0 aliphatic rings. The molecule has 1 amide bonds. The normalized spacial score (nSPS) is 11.0. The Labute approximate surface area is 175 Å². The van der Waals surface area contributed by atoms with Crippen molar-refractivity contribution in [1.82, 2.24) is 5.32 Å². The van der Waals surface area contributed by atoms with Crippen LogP contribution in [-0.4, -0.2) is 12.5 Å². The van der Waals surface area contributed by atoms with Crippen molar-refractivity contribution >= 4 is 28.5 Å². The number of amides is 1. The third-order valence-corrected chi connectivity index (χ3v) is 5.21. The van der Waals surface area contributed by atoms with Crippen molar-refractivity contribution in [3.63, 3.8) is 0 Å². The maximum atomic E-state index is 12.9. The lowest BCUT2D eigenvalue weighted by Crippen LogP contribution is -2.24. The van der Waals surface area contributed by atoms with E-state index in [0.717, 1.165) is 34.9 Å². The number of carbonyl (C=O) groups excluding carboxylic acids is 1. The standard InChI is InChI=1S/C25H22ClNO2/c1-17-9-14-22-21(16-17)23(19-10-12-20(26)13-11-19)24(29-22)25(28)27-15-5-8-18-6-3-2-4-7-18/h2-4,6-7,9-14,16H,5,8,15H2,1H3,(H,27,28). The molecule has 0 radical (unpaired) electrons. The van der Waals surface area contributed by atoms with Crippen molar-refractivity contribution in [2.75, 3.05) is 6.54 Å². The lowest BCUT2D eigenvalue weighted by atomic mass is 10.0. The Morgan fingerprint density at radius 2 is 1.76 bits per heavy atom. The Balaban J connectivity index is 1.58. The number of rotatable bonds is 6. The SMILES string of the molecule is Cc1ccc2oc(C(=O)NCCCc3ccccc3)c(-c3ccc(Cl)cc3)c2c1. The Bertz CT molecular complexity index is 1130. The van der Waals surface area contributed by atoms with Gasteiger partial charge in [-0.3, -0.25) is 4.79 Å². The van der Waals surface area contributed by atoms with Gasteiger partial charge in [0.2, 0.25) is 5.76 Å². The number of carbonyl (C=O) groups is 1. The van der Waals surface area contributed by atoms with E-state index in [1.807, 2.05) is 61.5 Å². The minimum absolute atomic E-state index is 0.197. The Kier molecular flexibility index (Phi) is 5.68. The second-order valence-corrected chi connectivity index (χ2v) is 7.59. The highest BCUT2D eigenvalue weighted by Gasteiger charge is 2.21. The van der Waals surface area contributed by atoms with Crippen LogP contribution >= 0.6 is 11.6 Å². The minimum atomic E-state index is -0.197. The van der Waals surface area contributed by atoms with Crippen molar-refractivity contribution < 1.29 is 9.21 Å². The maximum absolute atomic E-state index is 12.9. The molecule has 1 aromatic heterocycles. The van der Waals surface area contributed by atoms with Crippen LogP contribution in [0.5, 0.6) is 0 Å². The number of fused-ring (bicyclic) bond motifs is 1. The first-order chi connectivity index (χ1) is 14.1. The molecule has 3 nitrogen and oxygen atoms in total. The zero-order valence-electron chi connectivity index (χ0n) is 16.2. The van der Waals surface area contributed by atoms with Gasteiger partial charge in [-0.15, -0.1) is 0 Å². The van der Waals surface area contributed by atoms with Gasteiger partial charge in [0.25, 0.3) is 5.91 Å². The minimum Gasteiger partial charge on any atom is -0.450 e. The van der Waals surface area contributed by atoms with E-state index < -0.39 is 0 Å². The summed E-state index contributed by atoms with van der Waals surface area (Å²) in [5, 5.41) is 4.60. The van der Waals surface area contributed by atoms with Crippen LogP contribution in [-0.2, 0) is 6.42 Å². The van der Waals surface area contributed by atoms with Crippen LogP contribution in [0, 0.1) is 6.92 Å². The number of nitrogens with one attached hydrogen (secondary N) is 1. The summed E-state index contributed by atoms with van der Waals surface area (Å²) in [4.78, 5) is 12.9. The Morgan fingerprint density at radius 3 is 2.52 bits per heavy atom. The molecule has 0 saturated heterocycles. The van der Waals surface area contributed by atoms with Crippen molar-refractivity contribution in [3.8, 4) is 11.1 Å². The highest BCUT2D eigenvalue weighted by molar-refractivity contribution is 6.30. The molecule has 4 rings (SSSR count). The van der Waals surface area contributed by atoms with Crippen LogP contribution in [0.15, 0.2) is 77.2 Å². The average molecular weight is 404 g/mol. The summed E-state index contributed by atoms with van der Waals surface area (Å²) < 4.78 is 5.97. The van der Waals surface area contributed by atoms with Gasteiger partial charge >= 0.3 is 0 Å². The van der Waals surface area contributed by atoms with Gasteiger partial charge in [0.1, 0.15) is 5.58 Å². The topological polar surface area (TPSA) is 42.2 Å². The fourth-order valence-corrected chi connectivity index (χ4v) is 3.62. The van der Waals surface area contributed by atoms with E-state index in [1.165, 1.54) is 5.56 Å². The third-order valence-electron chi connectivity index (χ3n) is 4.95. The largest absolute Gasteiger partial charge is 0.450 e. The van der Waals surface area contributed by atoms with E-state index in [0.29, 0.717) is 22.9 Å². The van der Waals surface area contributed by atoms with Crippen LogP contribution in [0.2, 0.25) is 5.02 Å². The molecule has 1 N–H and O–H groups in total. The van der Waals surface area contributed by atoms with Gasteiger partial charge in [-0.1, -0.05) is 65.7 Å². The number of benzene rings is 3. The summed E-state index contributed by atoms with van der Waals surface area (Å²) in [7, 11) is 0. The number of hydrogen-bond donors (Lipinski definition) is 1. The summed E-state index contributed by atoms with van der Waals surface area (Å²) in [5.41, 5.74) is 4.80. The number of halogens is 1. The van der Waals surface area contributed by atoms with Crippen LogP contribution in [0.4, 0.5) is 0 Å².